The highest BCUT2D eigenvalue weighted by Crippen LogP contribution is 2.19. The number of benzene rings is 1. The van der Waals surface area contributed by atoms with E-state index in [-0.39, 0.29) is 11.6 Å². The molecule has 5 heteroatoms. The Kier molecular flexibility index (Phi) is 3.52. The Morgan fingerprint density at radius 2 is 2.00 bits per heavy atom. The minimum absolute atomic E-state index is 0.141. The summed E-state index contributed by atoms with van der Waals surface area (Å²) in [7, 11) is 0. The van der Waals surface area contributed by atoms with Crippen molar-refractivity contribution in [3.63, 3.8) is 0 Å². The maximum Gasteiger partial charge on any atom is 0.356 e. The number of hydrogen-bond donors (Lipinski definition) is 1. The Labute approximate surface area is 104 Å². The summed E-state index contributed by atoms with van der Waals surface area (Å²) in [6.07, 6.45) is 3.50. The van der Waals surface area contributed by atoms with Gasteiger partial charge in [-0.2, -0.15) is 0 Å². The number of hydrogen-bond acceptors (Lipinski definition) is 4. The van der Waals surface area contributed by atoms with Gasteiger partial charge in [-0.3, -0.25) is 4.98 Å². The lowest BCUT2D eigenvalue weighted by Crippen LogP contribution is -2.02. The summed E-state index contributed by atoms with van der Waals surface area (Å²) in [5.41, 5.74) is 1.06. The van der Waals surface area contributed by atoms with Crippen LogP contribution >= 0.6 is 0 Å². The van der Waals surface area contributed by atoms with E-state index in [1.165, 1.54) is 18.0 Å². The zero-order valence-electron chi connectivity index (χ0n) is 9.83. The van der Waals surface area contributed by atoms with Gasteiger partial charge in [-0.1, -0.05) is 19.1 Å². The standard InChI is InChI=1S/C13H12N2O3/c1-2-9-3-5-10(6-4-9)18-12-8-14-7-11(15-12)13(16)17/h3-8H,2H2,1H3,(H,16,17). The van der Waals surface area contributed by atoms with Crippen molar-refractivity contribution in [3.8, 4) is 11.6 Å². The van der Waals surface area contributed by atoms with Crippen LogP contribution in [0.2, 0.25) is 0 Å². The van der Waals surface area contributed by atoms with E-state index in [4.69, 9.17) is 9.84 Å². The van der Waals surface area contributed by atoms with Crippen LogP contribution in [0, 0.1) is 0 Å². The highest BCUT2D eigenvalue weighted by molar-refractivity contribution is 5.84. The summed E-state index contributed by atoms with van der Waals surface area (Å²) >= 11 is 0. The Hall–Kier alpha value is -2.43. The summed E-state index contributed by atoms with van der Waals surface area (Å²) in [6.45, 7) is 2.07. The zero-order chi connectivity index (χ0) is 13.0. The second kappa shape index (κ2) is 5.27. The third kappa shape index (κ3) is 2.82. The normalized spacial score (nSPS) is 10.1. The summed E-state index contributed by atoms with van der Waals surface area (Å²) in [5, 5.41) is 8.79. The van der Waals surface area contributed by atoms with Crippen LogP contribution in [0.4, 0.5) is 0 Å². The summed E-state index contributed by atoms with van der Waals surface area (Å²) in [5.74, 6) is -0.363. The number of aryl methyl sites for hydroxylation is 1. The first-order valence-electron chi connectivity index (χ1n) is 5.51. The van der Waals surface area contributed by atoms with E-state index >= 15 is 0 Å². The SMILES string of the molecule is CCc1ccc(Oc2cncc(C(=O)O)n2)cc1. The lowest BCUT2D eigenvalue weighted by Gasteiger charge is -2.05. The molecule has 2 rings (SSSR count). The molecule has 0 fully saturated rings. The zero-order valence-corrected chi connectivity index (χ0v) is 9.83. The van der Waals surface area contributed by atoms with Crippen molar-refractivity contribution in [2.24, 2.45) is 0 Å². The van der Waals surface area contributed by atoms with E-state index < -0.39 is 5.97 Å². The van der Waals surface area contributed by atoms with Gasteiger partial charge in [0.05, 0.1) is 12.4 Å². The molecule has 1 aromatic heterocycles. The second-order valence-corrected chi connectivity index (χ2v) is 3.65. The molecule has 0 bridgehead atoms. The van der Waals surface area contributed by atoms with Gasteiger partial charge in [-0.15, -0.1) is 0 Å². The van der Waals surface area contributed by atoms with E-state index in [0.717, 1.165) is 6.42 Å². The topological polar surface area (TPSA) is 72.3 Å². The molecule has 0 atom stereocenters. The van der Waals surface area contributed by atoms with Gasteiger partial charge in [0.1, 0.15) is 5.75 Å². The number of carboxylic acid groups (broad SMARTS) is 1. The Bertz CT molecular complexity index is 552. The van der Waals surface area contributed by atoms with Crippen LogP contribution in [0.3, 0.4) is 0 Å². The van der Waals surface area contributed by atoms with E-state index in [1.54, 1.807) is 0 Å². The van der Waals surface area contributed by atoms with Gasteiger partial charge in [0.2, 0.25) is 5.88 Å². The lowest BCUT2D eigenvalue weighted by atomic mass is 10.2. The third-order valence-electron chi connectivity index (χ3n) is 2.39. The number of rotatable bonds is 4. The Morgan fingerprint density at radius 3 is 2.61 bits per heavy atom. The van der Waals surface area contributed by atoms with E-state index in [0.29, 0.717) is 5.75 Å². The average Bonchev–Trinajstić information content (AvgIpc) is 2.40. The molecule has 0 aliphatic heterocycles. The molecule has 0 spiro atoms. The van der Waals surface area contributed by atoms with Gasteiger partial charge >= 0.3 is 5.97 Å². The molecule has 5 nitrogen and oxygen atoms in total. The van der Waals surface area contributed by atoms with Crippen molar-refractivity contribution in [1.82, 2.24) is 9.97 Å². The number of aromatic nitrogens is 2. The van der Waals surface area contributed by atoms with Crippen LogP contribution in [0.25, 0.3) is 0 Å². The minimum atomic E-state index is -1.13. The van der Waals surface area contributed by atoms with Crippen LogP contribution in [-0.4, -0.2) is 21.0 Å². The molecule has 0 saturated heterocycles. The smallest absolute Gasteiger partial charge is 0.356 e. The van der Waals surface area contributed by atoms with Crippen LogP contribution in [-0.2, 0) is 6.42 Å². The average molecular weight is 244 g/mol. The number of nitrogens with zero attached hydrogens (tertiary/aromatic N) is 2. The molecule has 1 N–H and O–H groups in total. The van der Waals surface area contributed by atoms with Crippen molar-refractivity contribution in [1.29, 1.82) is 0 Å². The van der Waals surface area contributed by atoms with Crippen molar-refractivity contribution in [2.75, 3.05) is 0 Å². The number of carbonyl (C=O) groups is 1. The first-order chi connectivity index (χ1) is 8.69. The molecule has 0 unspecified atom stereocenters. The highest BCUT2D eigenvalue weighted by atomic mass is 16.5. The molecule has 0 amide bonds. The fraction of sp³-hybridized carbons (Fsp3) is 0.154. The molecule has 1 aromatic carbocycles. The molecule has 0 radical (unpaired) electrons. The van der Waals surface area contributed by atoms with E-state index in [1.807, 2.05) is 24.3 Å². The van der Waals surface area contributed by atoms with Gasteiger partial charge in [-0.05, 0) is 24.1 Å². The predicted octanol–water partition coefficient (Wildman–Crippen LogP) is 2.53. The van der Waals surface area contributed by atoms with Gasteiger partial charge in [-0.25, -0.2) is 9.78 Å². The monoisotopic (exact) mass is 244 g/mol. The van der Waals surface area contributed by atoms with Crippen LogP contribution < -0.4 is 4.74 Å². The second-order valence-electron chi connectivity index (χ2n) is 3.65. The maximum atomic E-state index is 10.7. The van der Waals surface area contributed by atoms with Crippen molar-refractivity contribution in [2.45, 2.75) is 13.3 Å². The Morgan fingerprint density at radius 1 is 1.28 bits per heavy atom. The lowest BCUT2D eigenvalue weighted by molar-refractivity contribution is 0.0689. The van der Waals surface area contributed by atoms with Gasteiger partial charge < -0.3 is 9.84 Å². The molecule has 0 saturated carbocycles. The van der Waals surface area contributed by atoms with Gasteiger partial charge in [0.15, 0.2) is 5.69 Å². The molecule has 0 aliphatic rings. The molecule has 1 heterocycles. The van der Waals surface area contributed by atoms with Crippen LogP contribution in [0.5, 0.6) is 11.6 Å². The summed E-state index contributed by atoms with van der Waals surface area (Å²) in [6, 6.07) is 7.52. The molecule has 92 valence electrons. The van der Waals surface area contributed by atoms with Crippen molar-refractivity contribution >= 4 is 5.97 Å². The van der Waals surface area contributed by atoms with E-state index in [2.05, 4.69) is 16.9 Å². The first-order valence-corrected chi connectivity index (χ1v) is 5.51. The van der Waals surface area contributed by atoms with Crippen LogP contribution in [0.1, 0.15) is 23.0 Å². The third-order valence-corrected chi connectivity index (χ3v) is 2.39. The van der Waals surface area contributed by atoms with Crippen molar-refractivity contribution < 1.29 is 14.6 Å². The molecular weight excluding hydrogens is 232 g/mol. The summed E-state index contributed by atoms with van der Waals surface area (Å²) in [4.78, 5) is 18.3. The highest BCUT2D eigenvalue weighted by Gasteiger charge is 2.07. The quantitative estimate of drug-likeness (QED) is 0.894. The van der Waals surface area contributed by atoms with Crippen molar-refractivity contribution in [3.05, 3.63) is 47.9 Å². The number of aromatic carboxylic acids is 1. The fourth-order valence-electron chi connectivity index (χ4n) is 1.41. The minimum Gasteiger partial charge on any atom is -0.476 e. The molecule has 2 aromatic rings. The van der Waals surface area contributed by atoms with Crippen LogP contribution in [0.15, 0.2) is 36.7 Å². The molecule has 0 aliphatic carbocycles. The van der Waals surface area contributed by atoms with Gasteiger partial charge in [0, 0.05) is 0 Å². The molecule has 18 heavy (non-hydrogen) atoms. The van der Waals surface area contributed by atoms with E-state index in [9.17, 15) is 4.79 Å². The summed E-state index contributed by atoms with van der Waals surface area (Å²) < 4.78 is 5.43. The number of ether oxygens (including phenoxy) is 1. The van der Waals surface area contributed by atoms with Gasteiger partial charge in [0.25, 0.3) is 0 Å². The first kappa shape index (κ1) is 12.0. The Balaban J connectivity index is 2.17. The largest absolute Gasteiger partial charge is 0.476 e. The number of carboxylic acids is 1. The molecular formula is C13H12N2O3. The predicted molar refractivity (Wildman–Crippen MR) is 64.9 cm³/mol. The fourth-order valence-corrected chi connectivity index (χ4v) is 1.41. The maximum absolute atomic E-state index is 10.7.